The molecule has 8 nitrogen and oxygen atoms in total. The van der Waals surface area contributed by atoms with Crippen molar-refractivity contribution in [3.8, 4) is 75.1 Å². The molecule has 0 aliphatic heterocycles. The summed E-state index contributed by atoms with van der Waals surface area (Å²) in [7, 11) is 0. The zero-order chi connectivity index (χ0) is 40.9. The lowest BCUT2D eigenvalue weighted by Gasteiger charge is -2.21. The summed E-state index contributed by atoms with van der Waals surface area (Å²) in [5.74, 6) is 0. The molecule has 7 aromatic carbocycles. The normalized spacial score (nSPS) is 10.9. The quantitative estimate of drug-likeness (QED) is 0.171. The monoisotopic (exact) mass is 762 g/mol. The van der Waals surface area contributed by atoms with E-state index < -0.39 is 0 Å². The average Bonchev–Trinajstić information content (AvgIpc) is 3.83. The topological polar surface area (TPSA) is 142 Å². The number of hydrogen-bond acceptors (Lipinski definition) is 6. The third-order valence-corrected chi connectivity index (χ3v) is 11.2. The van der Waals surface area contributed by atoms with Gasteiger partial charge < -0.3 is 9.13 Å². The summed E-state index contributed by atoms with van der Waals surface area (Å²) in [6.07, 6.45) is 3.54. The number of fused-ring (bicyclic) bond motifs is 6. The van der Waals surface area contributed by atoms with Gasteiger partial charge in [0.25, 0.3) is 0 Å². The Kier molecular flexibility index (Phi) is 8.23. The van der Waals surface area contributed by atoms with Crippen LogP contribution in [0.1, 0.15) is 27.8 Å². The fourth-order valence-electron chi connectivity index (χ4n) is 8.56. The lowest BCUT2D eigenvalue weighted by molar-refractivity contribution is 1.13. The first-order valence-corrected chi connectivity index (χ1v) is 19.0. The zero-order valence-corrected chi connectivity index (χ0v) is 31.6. The zero-order valence-electron chi connectivity index (χ0n) is 31.6. The third-order valence-electron chi connectivity index (χ3n) is 11.2. The van der Waals surface area contributed by atoms with Gasteiger partial charge in [-0.05, 0) is 113 Å². The molecule has 3 aromatic heterocycles. The van der Waals surface area contributed by atoms with Gasteiger partial charge in [-0.15, -0.1) is 0 Å². The van der Waals surface area contributed by atoms with Crippen LogP contribution in [0.3, 0.4) is 0 Å². The second-order valence-corrected chi connectivity index (χ2v) is 14.4. The minimum absolute atomic E-state index is 0.421. The Morgan fingerprint density at radius 3 is 1.27 bits per heavy atom. The largest absolute Gasteiger partial charge is 0.308 e. The maximum absolute atomic E-state index is 10.7. The SMILES string of the molecule is N#Cc1ccc(-c2ccc3c(c2)c2ccccc2n3-c2cc(C#N)cc(-n3c4ccccc4c4cc(-c5ccc(C#N)cc5C#N)ccc43)c2-c2ccncc2)c(C#N)c1. The van der Waals surface area contributed by atoms with Crippen molar-refractivity contribution < 1.29 is 0 Å². The van der Waals surface area contributed by atoms with E-state index in [2.05, 4.69) is 93.0 Å². The molecule has 0 amide bonds. The van der Waals surface area contributed by atoms with Crippen LogP contribution in [0, 0.1) is 56.7 Å². The summed E-state index contributed by atoms with van der Waals surface area (Å²) in [6.45, 7) is 0. The third kappa shape index (κ3) is 5.45. The molecular weight excluding hydrogens is 737 g/mol. The predicted octanol–water partition coefficient (Wildman–Crippen LogP) is 11.6. The molecule has 60 heavy (non-hydrogen) atoms. The van der Waals surface area contributed by atoms with Crippen LogP contribution < -0.4 is 0 Å². The molecule has 0 saturated heterocycles. The van der Waals surface area contributed by atoms with Crippen molar-refractivity contribution in [2.45, 2.75) is 0 Å². The van der Waals surface area contributed by atoms with E-state index in [1.165, 1.54) is 0 Å². The summed E-state index contributed by atoms with van der Waals surface area (Å²) in [4.78, 5) is 4.37. The van der Waals surface area contributed by atoms with E-state index in [1.807, 2.05) is 72.8 Å². The van der Waals surface area contributed by atoms with Crippen LogP contribution in [0.5, 0.6) is 0 Å². The van der Waals surface area contributed by atoms with Crippen LogP contribution in [-0.4, -0.2) is 14.1 Å². The molecule has 0 N–H and O–H groups in total. The molecule has 0 atom stereocenters. The number of nitriles is 5. The molecule has 0 radical (unpaired) electrons. The van der Waals surface area contributed by atoms with Crippen molar-refractivity contribution in [3.63, 3.8) is 0 Å². The summed E-state index contributed by atoms with van der Waals surface area (Å²) < 4.78 is 4.41. The smallest absolute Gasteiger partial charge is 0.0998 e. The number of rotatable bonds is 5. The molecule has 10 rings (SSSR count). The molecule has 0 bridgehead atoms. The van der Waals surface area contributed by atoms with E-state index in [1.54, 1.807) is 36.7 Å². The van der Waals surface area contributed by atoms with E-state index in [0.717, 1.165) is 88.4 Å². The van der Waals surface area contributed by atoms with Crippen LogP contribution in [0.4, 0.5) is 0 Å². The molecule has 0 spiro atoms. The molecular formula is C52H26N8. The Hall–Kier alpha value is -9.26. The highest BCUT2D eigenvalue weighted by atomic mass is 15.0. The Morgan fingerprint density at radius 2 is 0.817 bits per heavy atom. The van der Waals surface area contributed by atoms with E-state index in [4.69, 9.17) is 0 Å². The standard InChI is InChI=1S/C52H26N8/c53-27-32-9-13-40(38(21-32)30-56)36-11-15-48-44(25-36)42-5-1-3-7-46(42)59(48)50-23-34(29-55)24-51(52(50)35-17-19-58-20-18-35)60-47-8-4-2-6-43(47)45-26-37(12-16-49(45)60)41-14-10-33(28-54)22-39(41)31-57/h1-26H. The van der Waals surface area contributed by atoms with Crippen LogP contribution in [-0.2, 0) is 0 Å². The van der Waals surface area contributed by atoms with Crippen molar-refractivity contribution in [2.75, 3.05) is 0 Å². The van der Waals surface area contributed by atoms with Crippen molar-refractivity contribution in [2.24, 2.45) is 0 Å². The van der Waals surface area contributed by atoms with E-state index in [-0.39, 0.29) is 0 Å². The highest BCUT2D eigenvalue weighted by Crippen LogP contribution is 2.44. The number of aromatic nitrogens is 3. The van der Waals surface area contributed by atoms with Crippen LogP contribution in [0.25, 0.3) is 88.4 Å². The fourth-order valence-corrected chi connectivity index (χ4v) is 8.56. The van der Waals surface area contributed by atoms with Crippen LogP contribution in [0.15, 0.2) is 158 Å². The molecule has 10 aromatic rings. The number of pyridine rings is 1. The van der Waals surface area contributed by atoms with Gasteiger partial charge in [0.05, 0.1) is 91.6 Å². The lowest BCUT2D eigenvalue weighted by atomic mass is 9.96. The van der Waals surface area contributed by atoms with Gasteiger partial charge in [0.15, 0.2) is 0 Å². The second-order valence-electron chi connectivity index (χ2n) is 14.4. The van der Waals surface area contributed by atoms with Gasteiger partial charge >= 0.3 is 0 Å². The molecule has 3 heterocycles. The lowest BCUT2D eigenvalue weighted by Crippen LogP contribution is -2.05. The molecule has 0 aliphatic rings. The van der Waals surface area contributed by atoms with Gasteiger partial charge in [0.1, 0.15) is 0 Å². The molecule has 0 aliphatic carbocycles. The molecule has 8 heteroatoms. The van der Waals surface area contributed by atoms with Crippen molar-refractivity contribution >= 4 is 43.6 Å². The predicted molar refractivity (Wildman–Crippen MR) is 233 cm³/mol. The maximum Gasteiger partial charge on any atom is 0.0998 e. The molecule has 0 fully saturated rings. The molecule has 274 valence electrons. The van der Waals surface area contributed by atoms with Crippen LogP contribution >= 0.6 is 0 Å². The van der Waals surface area contributed by atoms with Gasteiger partial charge in [-0.1, -0.05) is 60.7 Å². The van der Waals surface area contributed by atoms with Gasteiger partial charge in [-0.3, -0.25) is 4.98 Å². The summed E-state index contributed by atoms with van der Waals surface area (Å²) in [5.41, 5.74) is 12.4. The van der Waals surface area contributed by atoms with E-state index >= 15 is 0 Å². The van der Waals surface area contributed by atoms with Gasteiger partial charge in [0.2, 0.25) is 0 Å². The van der Waals surface area contributed by atoms with Crippen molar-refractivity contribution in [1.82, 2.24) is 14.1 Å². The Morgan fingerprint density at radius 1 is 0.367 bits per heavy atom. The Balaban J connectivity index is 1.28. The van der Waals surface area contributed by atoms with Gasteiger partial charge in [-0.2, -0.15) is 26.3 Å². The van der Waals surface area contributed by atoms with E-state index in [0.29, 0.717) is 27.8 Å². The molecule has 0 unspecified atom stereocenters. The number of para-hydroxylation sites is 2. The summed E-state index contributed by atoms with van der Waals surface area (Å²) in [6, 6.07) is 58.1. The minimum atomic E-state index is 0.421. The summed E-state index contributed by atoms with van der Waals surface area (Å²) in [5, 5.41) is 53.7. The summed E-state index contributed by atoms with van der Waals surface area (Å²) >= 11 is 0. The first-order valence-electron chi connectivity index (χ1n) is 19.0. The van der Waals surface area contributed by atoms with Gasteiger partial charge in [-0.25, -0.2) is 0 Å². The first kappa shape index (κ1) is 35.2. The Bertz CT molecular complexity index is 3450. The second kappa shape index (κ2) is 14.0. The number of nitrogens with zero attached hydrogens (tertiary/aromatic N) is 8. The molecule has 0 saturated carbocycles. The van der Waals surface area contributed by atoms with Crippen LogP contribution in [0.2, 0.25) is 0 Å². The fraction of sp³-hybridized carbons (Fsp3) is 0. The van der Waals surface area contributed by atoms with Gasteiger partial charge in [0, 0.05) is 39.5 Å². The first-order chi connectivity index (χ1) is 29.5. The minimum Gasteiger partial charge on any atom is -0.308 e. The van der Waals surface area contributed by atoms with E-state index in [9.17, 15) is 26.3 Å². The van der Waals surface area contributed by atoms with Crippen molar-refractivity contribution in [1.29, 1.82) is 26.3 Å². The number of benzene rings is 7. The van der Waals surface area contributed by atoms with Crippen molar-refractivity contribution in [3.05, 3.63) is 186 Å². The highest BCUT2D eigenvalue weighted by molar-refractivity contribution is 6.13. The maximum atomic E-state index is 10.7. The Labute approximate surface area is 343 Å². The average molecular weight is 763 g/mol. The highest BCUT2D eigenvalue weighted by Gasteiger charge is 2.24. The number of hydrogen-bond donors (Lipinski definition) is 0.